The fraction of sp³-hybridized carbons (Fsp3) is 0.385. The fourth-order valence-corrected chi connectivity index (χ4v) is 2.22. The van der Waals surface area contributed by atoms with Crippen LogP contribution in [-0.2, 0) is 6.54 Å². The SMILES string of the molecule is CCNc1nnc(-c2ccc(C)c(Br)c2)n1CC. The Bertz CT molecular complexity index is 548. The van der Waals surface area contributed by atoms with Crippen molar-refractivity contribution in [3.8, 4) is 11.4 Å². The Labute approximate surface area is 116 Å². The van der Waals surface area contributed by atoms with E-state index >= 15 is 0 Å². The molecule has 0 aliphatic rings. The zero-order chi connectivity index (χ0) is 13.1. The highest BCUT2D eigenvalue weighted by atomic mass is 79.9. The van der Waals surface area contributed by atoms with Crippen LogP contribution in [0.15, 0.2) is 22.7 Å². The van der Waals surface area contributed by atoms with E-state index in [0.29, 0.717) is 0 Å². The van der Waals surface area contributed by atoms with E-state index in [9.17, 15) is 0 Å². The van der Waals surface area contributed by atoms with Gasteiger partial charge in [0.15, 0.2) is 5.82 Å². The lowest BCUT2D eigenvalue weighted by molar-refractivity contribution is 0.770. The molecule has 0 saturated carbocycles. The van der Waals surface area contributed by atoms with Gasteiger partial charge in [-0.05, 0) is 32.4 Å². The first-order valence-corrected chi connectivity index (χ1v) is 6.90. The third-order valence-corrected chi connectivity index (χ3v) is 3.69. The highest BCUT2D eigenvalue weighted by Crippen LogP contribution is 2.25. The van der Waals surface area contributed by atoms with Crippen molar-refractivity contribution in [1.29, 1.82) is 0 Å². The van der Waals surface area contributed by atoms with E-state index in [1.807, 2.05) is 0 Å². The summed E-state index contributed by atoms with van der Waals surface area (Å²) in [5, 5.41) is 11.7. The number of aromatic nitrogens is 3. The van der Waals surface area contributed by atoms with Gasteiger partial charge in [0, 0.05) is 23.1 Å². The zero-order valence-corrected chi connectivity index (χ0v) is 12.5. The molecule has 0 atom stereocenters. The summed E-state index contributed by atoms with van der Waals surface area (Å²) >= 11 is 3.55. The number of hydrogen-bond donors (Lipinski definition) is 1. The first-order chi connectivity index (χ1) is 8.67. The molecule has 0 radical (unpaired) electrons. The molecule has 1 N–H and O–H groups in total. The number of hydrogen-bond acceptors (Lipinski definition) is 3. The Morgan fingerprint density at radius 2 is 2.06 bits per heavy atom. The van der Waals surface area contributed by atoms with Crippen LogP contribution >= 0.6 is 15.9 Å². The molecular formula is C13H17BrN4. The van der Waals surface area contributed by atoms with Crippen LogP contribution in [0.1, 0.15) is 19.4 Å². The number of nitrogens with one attached hydrogen (secondary N) is 1. The lowest BCUT2D eigenvalue weighted by atomic mass is 10.1. The molecule has 0 aliphatic carbocycles. The summed E-state index contributed by atoms with van der Waals surface area (Å²) in [5.41, 5.74) is 2.29. The van der Waals surface area contributed by atoms with Gasteiger partial charge in [0.2, 0.25) is 5.95 Å². The van der Waals surface area contributed by atoms with Crippen LogP contribution in [0.5, 0.6) is 0 Å². The van der Waals surface area contributed by atoms with E-state index in [-0.39, 0.29) is 0 Å². The van der Waals surface area contributed by atoms with Crippen molar-refractivity contribution < 1.29 is 0 Å². The number of benzene rings is 1. The van der Waals surface area contributed by atoms with Crippen molar-refractivity contribution in [3.63, 3.8) is 0 Å². The largest absolute Gasteiger partial charge is 0.355 e. The topological polar surface area (TPSA) is 42.7 Å². The normalized spacial score (nSPS) is 10.7. The molecule has 0 bridgehead atoms. The molecule has 2 rings (SSSR count). The van der Waals surface area contributed by atoms with Crippen molar-refractivity contribution in [2.45, 2.75) is 27.3 Å². The summed E-state index contributed by atoms with van der Waals surface area (Å²) < 4.78 is 3.18. The Morgan fingerprint density at radius 1 is 1.28 bits per heavy atom. The smallest absolute Gasteiger partial charge is 0.224 e. The summed E-state index contributed by atoms with van der Waals surface area (Å²) in [6, 6.07) is 6.24. The molecule has 0 aliphatic heterocycles. The molecule has 0 fully saturated rings. The van der Waals surface area contributed by atoms with Gasteiger partial charge in [0.1, 0.15) is 0 Å². The van der Waals surface area contributed by atoms with Gasteiger partial charge in [-0.1, -0.05) is 28.1 Å². The van der Waals surface area contributed by atoms with E-state index < -0.39 is 0 Å². The van der Waals surface area contributed by atoms with Crippen LogP contribution in [0.4, 0.5) is 5.95 Å². The Balaban J connectivity index is 2.46. The quantitative estimate of drug-likeness (QED) is 0.940. The number of nitrogens with zero attached hydrogens (tertiary/aromatic N) is 3. The second-order valence-electron chi connectivity index (χ2n) is 4.09. The van der Waals surface area contributed by atoms with E-state index in [1.54, 1.807) is 0 Å². The van der Waals surface area contributed by atoms with E-state index in [1.165, 1.54) is 5.56 Å². The minimum atomic E-state index is 0.826. The van der Waals surface area contributed by atoms with E-state index in [2.05, 4.69) is 75.0 Å². The third kappa shape index (κ3) is 2.41. The van der Waals surface area contributed by atoms with Crippen LogP contribution in [0.2, 0.25) is 0 Å². The predicted molar refractivity (Wildman–Crippen MR) is 77.7 cm³/mol. The Morgan fingerprint density at radius 3 is 2.67 bits per heavy atom. The molecule has 0 saturated heterocycles. The standard InChI is InChI=1S/C13H17BrN4/c1-4-15-13-17-16-12(18(13)5-2)10-7-6-9(3)11(14)8-10/h6-8H,4-5H2,1-3H3,(H,15,17). The Hall–Kier alpha value is -1.36. The number of halogens is 1. The van der Waals surface area contributed by atoms with Crippen LogP contribution in [0.25, 0.3) is 11.4 Å². The molecule has 1 heterocycles. The molecule has 0 amide bonds. The van der Waals surface area contributed by atoms with E-state index in [4.69, 9.17) is 0 Å². The predicted octanol–water partition coefficient (Wildman–Crippen LogP) is 3.47. The van der Waals surface area contributed by atoms with Gasteiger partial charge in [0.05, 0.1) is 0 Å². The van der Waals surface area contributed by atoms with Gasteiger partial charge in [-0.3, -0.25) is 4.57 Å². The minimum Gasteiger partial charge on any atom is -0.355 e. The van der Waals surface area contributed by atoms with Crippen molar-refractivity contribution in [2.75, 3.05) is 11.9 Å². The minimum absolute atomic E-state index is 0.826. The molecule has 5 heteroatoms. The monoisotopic (exact) mass is 308 g/mol. The summed E-state index contributed by atoms with van der Waals surface area (Å²) in [5.74, 6) is 1.72. The second-order valence-corrected chi connectivity index (χ2v) is 4.94. The average molecular weight is 309 g/mol. The highest BCUT2D eigenvalue weighted by Gasteiger charge is 2.12. The second kappa shape index (κ2) is 5.52. The van der Waals surface area contributed by atoms with Crippen LogP contribution in [0, 0.1) is 6.92 Å². The van der Waals surface area contributed by atoms with Gasteiger partial charge in [0.25, 0.3) is 0 Å². The highest BCUT2D eigenvalue weighted by molar-refractivity contribution is 9.10. The summed E-state index contributed by atoms with van der Waals surface area (Å²) in [4.78, 5) is 0. The molecule has 1 aromatic carbocycles. The van der Waals surface area contributed by atoms with Crippen molar-refractivity contribution in [3.05, 3.63) is 28.2 Å². The maximum Gasteiger partial charge on any atom is 0.224 e. The fourth-order valence-electron chi connectivity index (χ4n) is 1.84. The maximum absolute atomic E-state index is 4.28. The molecule has 0 unspecified atom stereocenters. The molecule has 96 valence electrons. The molecule has 4 nitrogen and oxygen atoms in total. The van der Waals surface area contributed by atoms with Gasteiger partial charge in [-0.2, -0.15) is 0 Å². The van der Waals surface area contributed by atoms with E-state index in [0.717, 1.165) is 34.9 Å². The van der Waals surface area contributed by atoms with Crippen LogP contribution in [0.3, 0.4) is 0 Å². The van der Waals surface area contributed by atoms with Crippen LogP contribution < -0.4 is 5.32 Å². The van der Waals surface area contributed by atoms with Crippen molar-refractivity contribution in [1.82, 2.24) is 14.8 Å². The van der Waals surface area contributed by atoms with Crippen molar-refractivity contribution in [2.24, 2.45) is 0 Å². The lowest BCUT2D eigenvalue weighted by Gasteiger charge is -2.08. The van der Waals surface area contributed by atoms with Gasteiger partial charge in [-0.15, -0.1) is 10.2 Å². The first kappa shape index (κ1) is 13.1. The van der Waals surface area contributed by atoms with Gasteiger partial charge in [-0.25, -0.2) is 0 Å². The summed E-state index contributed by atoms with van der Waals surface area (Å²) in [6.07, 6.45) is 0. The number of anilines is 1. The average Bonchev–Trinajstić information content (AvgIpc) is 2.76. The number of rotatable bonds is 4. The maximum atomic E-state index is 4.28. The first-order valence-electron chi connectivity index (χ1n) is 6.11. The number of aryl methyl sites for hydroxylation is 1. The molecule has 0 spiro atoms. The van der Waals surface area contributed by atoms with Gasteiger partial charge < -0.3 is 5.32 Å². The summed E-state index contributed by atoms with van der Waals surface area (Å²) in [7, 11) is 0. The molecule has 2 aromatic rings. The Kier molecular flexibility index (Phi) is 4.01. The lowest BCUT2D eigenvalue weighted by Crippen LogP contribution is -2.06. The molecule has 18 heavy (non-hydrogen) atoms. The van der Waals surface area contributed by atoms with Crippen LogP contribution in [-0.4, -0.2) is 21.3 Å². The van der Waals surface area contributed by atoms with Crippen molar-refractivity contribution >= 4 is 21.9 Å². The zero-order valence-electron chi connectivity index (χ0n) is 10.9. The van der Waals surface area contributed by atoms with Gasteiger partial charge >= 0.3 is 0 Å². The third-order valence-electron chi connectivity index (χ3n) is 2.83. The summed E-state index contributed by atoms with van der Waals surface area (Å²) in [6.45, 7) is 7.90. The molecule has 1 aromatic heterocycles. The molecular weight excluding hydrogens is 292 g/mol.